The number of para-hydroxylation sites is 1. The van der Waals surface area contributed by atoms with Crippen LogP contribution in [-0.4, -0.2) is 19.0 Å². The zero-order valence-corrected chi connectivity index (χ0v) is 15.3. The normalized spacial score (nSPS) is 14.0. The van der Waals surface area contributed by atoms with E-state index in [2.05, 4.69) is 4.74 Å². The second kappa shape index (κ2) is 8.43. The molecule has 0 fully saturated rings. The van der Waals surface area contributed by atoms with Gasteiger partial charge in [-0.3, -0.25) is 0 Å². The Morgan fingerprint density at radius 2 is 1.29 bits per heavy atom. The highest BCUT2D eigenvalue weighted by Crippen LogP contribution is 2.53. The zero-order valence-electron chi connectivity index (χ0n) is 15.3. The third-order valence-corrected chi connectivity index (χ3v) is 4.32. The Balaban J connectivity index is 2.42. The minimum atomic E-state index is -5.69. The summed E-state index contributed by atoms with van der Waals surface area (Å²) in [5, 5.41) is 0. The first-order chi connectivity index (χ1) is 13.0. The Kier molecular flexibility index (Phi) is 6.64. The van der Waals surface area contributed by atoms with Crippen LogP contribution < -0.4 is 4.74 Å². The van der Waals surface area contributed by atoms with Crippen LogP contribution in [0.3, 0.4) is 0 Å². The molecule has 0 radical (unpaired) electrons. The molecule has 0 saturated heterocycles. The van der Waals surface area contributed by atoms with Gasteiger partial charge in [-0.2, -0.15) is 26.3 Å². The number of hydrogen-bond donors (Lipinski definition) is 0. The van der Waals surface area contributed by atoms with Gasteiger partial charge in [-0.05, 0) is 30.2 Å². The van der Waals surface area contributed by atoms with Crippen LogP contribution in [0.15, 0.2) is 54.6 Å². The summed E-state index contributed by atoms with van der Waals surface area (Å²) in [5.41, 5.74) is -5.45. The monoisotopic (exact) mass is 406 g/mol. The summed E-state index contributed by atoms with van der Waals surface area (Å²) in [5.74, 6) is 0.0427. The summed E-state index contributed by atoms with van der Waals surface area (Å²) in [6, 6.07) is 11.9. The Labute approximate surface area is 159 Å². The molecule has 154 valence electrons. The summed E-state index contributed by atoms with van der Waals surface area (Å²) < 4.78 is 92.1. The van der Waals surface area contributed by atoms with E-state index < -0.39 is 36.0 Å². The molecule has 0 aliphatic heterocycles. The van der Waals surface area contributed by atoms with Gasteiger partial charge in [-0.1, -0.05) is 50.6 Å². The van der Waals surface area contributed by atoms with E-state index in [1.807, 2.05) is 0 Å². The maximum Gasteiger partial charge on any atom is 0.430 e. The van der Waals surface area contributed by atoms with E-state index in [-0.39, 0.29) is 5.75 Å². The fourth-order valence-electron chi connectivity index (χ4n) is 2.50. The van der Waals surface area contributed by atoms with E-state index in [0.29, 0.717) is 12.2 Å². The molecule has 0 spiro atoms. The Bertz CT molecular complexity index is 724. The molecule has 0 aliphatic rings. The second-order valence-corrected chi connectivity index (χ2v) is 6.44. The van der Waals surface area contributed by atoms with Crippen molar-refractivity contribution in [3.8, 4) is 11.5 Å². The quantitative estimate of drug-likeness (QED) is 0.468. The van der Waals surface area contributed by atoms with Gasteiger partial charge < -0.3 is 9.47 Å². The third kappa shape index (κ3) is 4.60. The number of ether oxygens (including phenoxy) is 2. The Hall–Kier alpha value is -2.22. The number of hydrogen-bond acceptors (Lipinski definition) is 2. The van der Waals surface area contributed by atoms with Crippen LogP contribution in [0, 0.1) is 5.92 Å². The Morgan fingerprint density at radius 3 is 1.75 bits per heavy atom. The van der Waals surface area contributed by atoms with Gasteiger partial charge in [0.1, 0.15) is 11.5 Å². The van der Waals surface area contributed by atoms with Gasteiger partial charge in [0.05, 0.1) is 6.61 Å². The van der Waals surface area contributed by atoms with Crippen LogP contribution in [0.2, 0.25) is 0 Å². The predicted octanol–water partition coefficient (Wildman–Crippen LogP) is 6.86. The molecular formula is C20H20F6O2. The minimum Gasteiger partial charge on any atom is -0.457 e. The first-order valence-corrected chi connectivity index (χ1v) is 8.62. The van der Waals surface area contributed by atoms with Crippen LogP contribution in [0.5, 0.6) is 11.5 Å². The van der Waals surface area contributed by atoms with E-state index in [0.717, 1.165) is 24.3 Å². The van der Waals surface area contributed by atoms with Gasteiger partial charge in [0.25, 0.3) is 5.60 Å². The Morgan fingerprint density at radius 1 is 0.786 bits per heavy atom. The molecule has 1 unspecified atom stereocenters. The van der Waals surface area contributed by atoms with Gasteiger partial charge in [0.15, 0.2) is 0 Å². The van der Waals surface area contributed by atoms with Crippen LogP contribution in [0.1, 0.15) is 25.8 Å². The SMILES string of the molecule is CCC(C)COC(c1ccc(Oc2ccccc2)cc1)(C(F)(F)F)C(F)(F)F. The molecule has 0 bridgehead atoms. The minimum absolute atomic E-state index is 0.107. The van der Waals surface area contributed by atoms with Gasteiger partial charge >= 0.3 is 12.4 Å². The molecule has 8 heteroatoms. The molecule has 28 heavy (non-hydrogen) atoms. The maximum atomic E-state index is 13.7. The van der Waals surface area contributed by atoms with Gasteiger partial charge in [0, 0.05) is 5.56 Å². The van der Waals surface area contributed by atoms with Crippen molar-refractivity contribution in [1.29, 1.82) is 0 Å². The number of alkyl halides is 6. The highest BCUT2D eigenvalue weighted by molar-refractivity contribution is 5.36. The van der Waals surface area contributed by atoms with Crippen molar-refractivity contribution in [1.82, 2.24) is 0 Å². The van der Waals surface area contributed by atoms with Gasteiger partial charge in [0.2, 0.25) is 0 Å². The van der Waals surface area contributed by atoms with Crippen molar-refractivity contribution in [3.63, 3.8) is 0 Å². The van der Waals surface area contributed by atoms with E-state index in [9.17, 15) is 26.3 Å². The standard InChI is InChI=1S/C20H20F6O2/c1-3-14(2)13-27-18(19(21,22)23,20(24,25)26)15-9-11-17(12-10-15)28-16-7-5-4-6-8-16/h4-12,14H,3,13H2,1-2H3. The largest absolute Gasteiger partial charge is 0.457 e. The van der Waals surface area contributed by atoms with E-state index in [1.54, 1.807) is 37.3 Å². The number of halogens is 6. The van der Waals surface area contributed by atoms with Crippen LogP contribution >= 0.6 is 0 Å². The molecule has 1 atom stereocenters. The summed E-state index contributed by atoms with van der Waals surface area (Å²) in [6.45, 7) is 2.50. The van der Waals surface area contributed by atoms with E-state index >= 15 is 0 Å². The first kappa shape index (κ1) is 22.1. The molecule has 0 N–H and O–H groups in total. The fraction of sp³-hybridized carbons (Fsp3) is 0.400. The van der Waals surface area contributed by atoms with Crippen molar-refractivity contribution in [2.45, 2.75) is 38.2 Å². The van der Waals surface area contributed by atoms with Crippen molar-refractivity contribution in [2.75, 3.05) is 6.61 Å². The molecule has 0 aliphatic carbocycles. The lowest BCUT2D eigenvalue weighted by atomic mass is 9.91. The van der Waals surface area contributed by atoms with Crippen LogP contribution in [0.4, 0.5) is 26.3 Å². The van der Waals surface area contributed by atoms with E-state index in [1.165, 1.54) is 6.92 Å². The number of rotatable bonds is 7. The molecule has 0 amide bonds. The van der Waals surface area contributed by atoms with Crippen molar-refractivity contribution in [3.05, 3.63) is 60.2 Å². The fourth-order valence-corrected chi connectivity index (χ4v) is 2.50. The van der Waals surface area contributed by atoms with E-state index in [4.69, 9.17) is 4.74 Å². The molecule has 0 saturated carbocycles. The van der Waals surface area contributed by atoms with Gasteiger partial charge in [-0.25, -0.2) is 0 Å². The number of benzene rings is 2. The molecule has 2 aromatic carbocycles. The zero-order chi connectivity index (χ0) is 21.0. The highest BCUT2D eigenvalue weighted by atomic mass is 19.4. The van der Waals surface area contributed by atoms with Crippen LogP contribution in [0.25, 0.3) is 0 Å². The smallest absolute Gasteiger partial charge is 0.430 e. The average molecular weight is 406 g/mol. The molecule has 2 aromatic rings. The summed E-state index contributed by atoms with van der Waals surface area (Å²) in [7, 11) is 0. The lowest BCUT2D eigenvalue weighted by Gasteiger charge is -2.38. The van der Waals surface area contributed by atoms with Crippen molar-refractivity contribution in [2.24, 2.45) is 5.92 Å². The van der Waals surface area contributed by atoms with Crippen molar-refractivity contribution >= 4 is 0 Å². The first-order valence-electron chi connectivity index (χ1n) is 8.62. The maximum absolute atomic E-state index is 13.7. The highest BCUT2D eigenvalue weighted by Gasteiger charge is 2.73. The molecular weight excluding hydrogens is 386 g/mol. The molecule has 2 nitrogen and oxygen atoms in total. The topological polar surface area (TPSA) is 18.5 Å². The van der Waals surface area contributed by atoms with Crippen molar-refractivity contribution < 1.29 is 35.8 Å². The average Bonchev–Trinajstić information content (AvgIpc) is 2.61. The second-order valence-electron chi connectivity index (χ2n) is 6.44. The summed E-state index contributed by atoms with van der Waals surface area (Å²) >= 11 is 0. The van der Waals surface area contributed by atoms with Crippen LogP contribution in [-0.2, 0) is 10.3 Å². The molecule has 0 heterocycles. The lowest BCUT2D eigenvalue weighted by Crippen LogP contribution is -2.56. The predicted molar refractivity (Wildman–Crippen MR) is 92.2 cm³/mol. The third-order valence-electron chi connectivity index (χ3n) is 4.32. The molecule has 0 aromatic heterocycles. The summed E-state index contributed by atoms with van der Waals surface area (Å²) in [4.78, 5) is 0. The molecule has 2 rings (SSSR count). The lowest BCUT2D eigenvalue weighted by molar-refractivity contribution is -0.391. The van der Waals surface area contributed by atoms with Gasteiger partial charge in [-0.15, -0.1) is 0 Å². The summed E-state index contributed by atoms with van der Waals surface area (Å²) in [6.07, 6.45) is -11.0.